The molecule has 1 aromatic carbocycles. The molecule has 1 fully saturated rings. The molecule has 1 unspecified atom stereocenters. The molecule has 0 saturated carbocycles. The summed E-state index contributed by atoms with van der Waals surface area (Å²) < 4.78 is 10.6. The molecular formula is C16H22N2O5. The van der Waals surface area contributed by atoms with Gasteiger partial charge in [-0.1, -0.05) is 6.07 Å². The number of carboxylic acids is 1. The number of carboxylic acid groups (broad SMARTS) is 1. The van der Waals surface area contributed by atoms with Crippen molar-refractivity contribution in [2.24, 2.45) is 5.92 Å². The van der Waals surface area contributed by atoms with Crippen molar-refractivity contribution >= 4 is 17.7 Å². The van der Waals surface area contributed by atoms with E-state index in [2.05, 4.69) is 5.32 Å². The first-order chi connectivity index (χ1) is 11.0. The predicted molar refractivity (Wildman–Crippen MR) is 84.9 cm³/mol. The number of hydrogen-bond acceptors (Lipinski definition) is 4. The third-order valence-corrected chi connectivity index (χ3v) is 3.75. The quantitative estimate of drug-likeness (QED) is 0.782. The smallest absolute Gasteiger partial charge is 0.321 e. The van der Waals surface area contributed by atoms with Crippen LogP contribution in [0, 0.1) is 12.8 Å². The zero-order valence-electron chi connectivity index (χ0n) is 13.4. The van der Waals surface area contributed by atoms with Gasteiger partial charge in [0.05, 0.1) is 18.2 Å². The Bertz CT molecular complexity index is 576. The van der Waals surface area contributed by atoms with Crippen LogP contribution in [0.2, 0.25) is 0 Å². The standard InChI is InChI=1S/C16H22N2O5/c1-11-3-4-13(14(9-11)23-8-7-22-2)17-16(21)18-6-5-12(10-18)15(19)20/h3-4,9,12H,5-8,10H2,1-2H3,(H,17,21)(H,19,20). The predicted octanol–water partition coefficient (Wildman–Crippen LogP) is 1.96. The number of methoxy groups -OCH3 is 1. The highest BCUT2D eigenvalue weighted by atomic mass is 16.5. The minimum atomic E-state index is -0.862. The summed E-state index contributed by atoms with van der Waals surface area (Å²) in [4.78, 5) is 24.8. The molecule has 2 rings (SSSR count). The van der Waals surface area contributed by atoms with Crippen LogP contribution in [0.3, 0.4) is 0 Å². The maximum absolute atomic E-state index is 12.3. The Kier molecular flexibility index (Phi) is 5.81. The summed E-state index contributed by atoms with van der Waals surface area (Å²) in [5, 5.41) is 11.8. The summed E-state index contributed by atoms with van der Waals surface area (Å²) in [7, 11) is 1.59. The Morgan fingerprint density at radius 2 is 2.17 bits per heavy atom. The van der Waals surface area contributed by atoms with Crippen molar-refractivity contribution in [2.75, 3.05) is 38.7 Å². The van der Waals surface area contributed by atoms with Crippen LogP contribution in [-0.2, 0) is 9.53 Å². The number of anilines is 1. The zero-order valence-corrected chi connectivity index (χ0v) is 13.4. The molecule has 126 valence electrons. The molecule has 0 bridgehead atoms. The third kappa shape index (κ3) is 4.59. The fourth-order valence-corrected chi connectivity index (χ4v) is 2.43. The molecule has 7 nitrogen and oxygen atoms in total. The first-order valence-electron chi connectivity index (χ1n) is 7.52. The number of amides is 2. The second kappa shape index (κ2) is 7.82. The Morgan fingerprint density at radius 1 is 1.39 bits per heavy atom. The third-order valence-electron chi connectivity index (χ3n) is 3.75. The molecule has 1 aliphatic rings. The Labute approximate surface area is 135 Å². The molecule has 0 spiro atoms. The summed E-state index contributed by atoms with van der Waals surface area (Å²) >= 11 is 0. The lowest BCUT2D eigenvalue weighted by molar-refractivity contribution is -0.141. The lowest BCUT2D eigenvalue weighted by atomic mass is 10.1. The van der Waals surface area contributed by atoms with Gasteiger partial charge in [-0.3, -0.25) is 4.79 Å². The van der Waals surface area contributed by atoms with Crippen LogP contribution >= 0.6 is 0 Å². The second-order valence-electron chi connectivity index (χ2n) is 5.54. The van der Waals surface area contributed by atoms with Crippen LogP contribution in [0.25, 0.3) is 0 Å². The highest BCUT2D eigenvalue weighted by molar-refractivity contribution is 5.91. The lowest BCUT2D eigenvalue weighted by Crippen LogP contribution is -2.34. The summed E-state index contributed by atoms with van der Waals surface area (Å²) in [6, 6.07) is 5.19. The molecule has 2 amide bonds. The number of carbonyl (C=O) groups excluding carboxylic acids is 1. The van der Waals surface area contributed by atoms with Gasteiger partial charge in [0.2, 0.25) is 0 Å². The number of rotatable bonds is 6. The molecule has 1 saturated heterocycles. The van der Waals surface area contributed by atoms with E-state index in [1.807, 2.05) is 19.1 Å². The van der Waals surface area contributed by atoms with Crippen molar-refractivity contribution < 1.29 is 24.2 Å². The minimum absolute atomic E-state index is 0.229. The normalized spacial score (nSPS) is 17.1. The number of hydrogen-bond donors (Lipinski definition) is 2. The van der Waals surface area contributed by atoms with Gasteiger partial charge in [-0.05, 0) is 31.0 Å². The molecular weight excluding hydrogens is 300 g/mol. The largest absolute Gasteiger partial charge is 0.489 e. The Morgan fingerprint density at radius 3 is 2.83 bits per heavy atom. The Balaban J connectivity index is 2.01. The van der Waals surface area contributed by atoms with Gasteiger partial charge in [0, 0.05) is 20.2 Å². The number of likely N-dealkylation sites (tertiary alicyclic amines) is 1. The average Bonchev–Trinajstić information content (AvgIpc) is 3.00. The van der Waals surface area contributed by atoms with Crippen LogP contribution in [-0.4, -0.2) is 55.4 Å². The summed E-state index contributed by atoms with van der Waals surface area (Å²) in [6.07, 6.45) is 0.480. The fourth-order valence-electron chi connectivity index (χ4n) is 2.43. The van der Waals surface area contributed by atoms with Crippen molar-refractivity contribution in [3.05, 3.63) is 23.8 Å². The number of urea groups is 1. The van der Waals surface area contributed by atoms with E-state index in [0.29, 0.717) is 37.6 Å². The number of aliphatic carboxylic acids is 1. The first-order valence-corrected chi connectivity index (χ1v) is 7.52. The molecule has 1 aliphatic heterocycles. The maximum atomic E-state index is 12.3. The van der Waals surface area contributed by atoms with Crippen LogP contribution in [0.5, 0.6) is 5.75 Å². The number of aryl methyl sites for hydroxylation is 1. The number of nitrogens with zero attached hydrogens (tertiary/aromatic N) is 1. The molecule has 1 atom stereocenters. The SMILES string of the molecule is COCCOc1cc(C)ccc1NC(=O)N1CCC(C(=O)O)C1. The molecule has 0 aliphatic carbocycles. The first kappa shape index (κ1) is 17.1. The second-order valence-corrected chi connectivity index (χ2v) is 5.54. The molecule has 7 heteroatoms. The Hall–Kier alpha value is -2.28. The van der Waals surface area contributed by atoms with Gasteiger partial charge in [-0.15, -0.1) is 0 Å². The van der Waals surface area contributed by atoms with Gasteiger partial charge in [0.25, 0.3) is 0 Å². The number of ether oxygens (including phenoxy) is 2. The van der Waals surface area contributed by atoms with E-state index in [1.165, 1.54) is 4.90 Å². The monoisotopic (exact) mass is 322 g/mol. The topological polar surface area (TPSA) is 88.1 Å². The summed E-state index contributed by atoms with van der Waals surface area (Å²) in [5.74, 6) is -0.778. The van der Waals surface area contributed by atoms with Crippen LogP contribution in [0.4, 0.5) is 10.5 Å². The number of benzene rings is 1. The van der Waals surface area contributed by atoms with Crippen LogP contribution < -0.4 is 10.1 Å². The van der Waals surface area contributed by atoms with E-state index in [-0.39, 0.29) is 12.6 Å². The zero-order chi connectivity index (χ0) is 16.8. The van der Waals surface area contributed by atoms with Gasteiger partial charge in [-0.25, -0.2) is 4.79 Å². The number of nitrogens with one attached hydrogen (secondary N) is 1. The molecule has 23 heavy (non-hydrogen) atoms. The van der Waals surface area contributed by atoms with Gasteiger partial charge < -0.3 is 24.8 Å². The van der Waals surface area contributed by atoms with E-state index in [9.17, 15) is 9.59 Å². The molecule has 1 aromatic rings. The van der Waals surface area contributed by atoms with Gasteiger partial charge in [0.15, 0.2) is 0 Å². The fraction of sp³-hybridized carbons (Fsp3) is 0.500. The molecule has 2 N–H and O–H groups in total. The molecule has 1 heterocycles. The van der Waals surface area contributed by atoms with E-state index in [0.717, 1.165) is 5.56 Å². The minimum Gasteiger partial charge on any atom is -0.489 e. The van der Waals surface area contributed by atoms with Crippen molar-refractivity contribution in [3.8, 4) is 5.75 Å². The van der Waals surface area contributed by atoms with Crippen LogP contribution in [0.1, 0.15) is 12.0 Å². The maximum Gasteiger partial charge on any atom is 0.321 e. The highest BCUT2D eigenvalue weighted by Crippen LogP contribution is 2.27. The van der Waals surface area contributed by atoms with Gasteiger partial charge in [-0.2, -0.15) is 0 Å². The van der Waals surface area contributed by atoms with Gasteiger partial charge in [0.1, 0.15) is 12.4 Å². The summed E-state index contributed by atoms with van der Waals surface area (Å²) in [5.41, 5.74) is 1.58. The van der Waals surface area contributed by atoms with Crippen molar-refractivity contribution in [1.29, 1.82) is 0 Å². The van der Waals surface area contributed by atoms with E-state index >= 15 is 0 Å². The lowest BCUT2D eigenvalue weighted by Gasteiger charge is -2.19. The van der Waals surface area contributed by atoms with Crippen LogP contribution in [0.15, 0.2) is 18.2 Å². The average molecular weight is 322 g/mol. The van der Waals surface area contributed by atoms with Crippen molar-refractivity contribution in [2.45, 2.75) is 13.3 Å². The summed E-state index contributed by atoms with van der Waals surface area (Å²) in [6.45, 7) is 3.44. The van der Waals surface area contributed by atoms with Gasteiger partial charge >= 0.3 is 12.0 Å². The van der Waals surface area contributed by atoms with Crippen molar-refractivity contribution in [1.82, 2.24) is 4.90 Å². The molecule has 0 radical (unpaired) electrons. The van der Waals surface area contributed by atoms with E-state index in [1.54, 1.807) is 13.2 Å². The highest BCUT2D eigenvalue weighted by Gasteiger charge is 2.31. The van der Waals surface area contributed by atoms with Crippen molar-refractivity contribution in [3.63, 3.8) is 0 Å². The van der Waals surface area contributed by atoms with E-state index < -0.39 is 11.9 Å². The van der Waals surface area contributed by atoms with E-state index in [4.69, 9.17) is 14.6 Å². The molecule has 0 aromatic heterocycles. The number of carbonyl (C=O) groups is 2.